The smallest absolute Gasteiger partial charge is 0.430 e. The van der Waals surface area contributed by atoms with Crippen LogP contribution in [0.4, 0.5) is 4.79 Å². The van der Waals surface area contributed by atoms with Crippen molar-refractivity contribution in [3.8, 4) is 12.3 Å². The van der Waals surface area contributed by atoms with Crippen molar-refractivity contribution in [2.24, 2.45) is 0 Å². The van der Waals surface area contributed by atoms with Gasteiger partial charge < -0.3 is 14.6 Å². The third-order valence-corrected chi connectivity index (χ3v) is 2.51. The highest BCUT2D eigenvalue weighted by Gasteiger charge is 2.27. The number of rotatable bonds is 2. The largest absolute Gasteiger partial charge is 0.513 e. The van der Waals surface area contributed by atoms with Gasteiger partial charge in [-0.05, 0) is 12.5 Å². The molecule has 0 aliphatic heterocycles. The second-order valence-electron chi connectivity index (χ2n) is 3.54. The summed E-state index contributed by atoms with van der Waals surface area (Å²) < 4.78 is 9.39. The van der Waals surface area contributed by atoms with Gasteiger partial charge in [-0.15, -0.1) is 6.42 Å². The number of hydrogen-bond acceptors (Lipinski definition) is 4. The second kappa shape index (κ2) is 5.38. The van der Waals surface area contributed by atoms with Crippen LogP contribution < -0.4 is 0 Å². The van der Waals surface area contributed by atoms with E-state index in [-0.39, 0.29) is 0 Å². The van der Waals surface area contributed by atoms with Gasteiger partial charge in [0.25, 0.3) is 0 Å². The maximum absolute atomic E-state index is 11.0. The van der Waals surface area contributed by atoms with Gasteiger partial charge in [0, 0.05) is 18.4 Å². The van der Waals surface area contributed by atoms with Gasteiger partial charge in [0.2, 0.25) is 0 Å². The molecule has 0 radical (unpaired) electrons. The molecule has 16 heavy (non-hydrogen) atoms. The summed E-state index contributed by atoms with van der Waals surface area (Å²) >= 11 is 0. The third-order valence-electron chi connectivity index (χ3n) is 2.51. The number of ether oxygens (including phenoxy) is 2. The molecule has 0 heterocycles. The normalized spacial score (nSPS) is 24.6. The molecule has 1 aliphatic rings. The summed E-state index contributed by atoms with van der Waals surface area (Å²) in [4.78, 5) is 11.0. The van der Waals surface area contributed by atoms with Crippen molar-refractivity contribution in [3.63, 3.8) is 0 Å². The monoisotopic (exact) mass is 222 g/mol. The van der Waals surface area contributed by atoms with Crippen molar-refractivity contribution in [2.45, 2.75) is 32.0 Å². The first kappa shape index (κ1) is 12.3. The predicted octanol–water partition coefficient (Wildman–Crippen LogP) is 1.76. The van der Waals surface area contributed by atoms with Gasteiger partial charge >= 0.3 is 6.16 Å². The van der Waals surface area contributed by atoms with Crippen LogP contribution in [0.5, 0.6) is 0 Å². The average Bonchev–Trinajstić information content (AvgIpc) is 2.23. The lowest BCUT2D eigenvalue weighted by atomic mass is 9.89. The second-order valence-corrected chi connectivity index (χ2v) is 3.54. The highest BCUT2D eigenvalue weighted by Crippen LogP contribution is 2.26. The molecule has 2 atom stereocenters. The first-order valence-electron chi connectivity index (χ1n) is 4.91. The summed E-state index contributed by atoms with van der Waals surface area (Å²) in [5.74, 6) is 2.49. The van der Waals surface area contributed by atoms with Crippen LogP contribution in [0.1, 0.15) is 19.8 Å². The Morgan fingerprint density at radius 3 is 3.00 bits per heavy atom. The van der Waals surface area contributed by atoms with Crippen LogP contribution in [0.2, 0.25) is 0 Å². The Morgan fingerprint density at radius 2 is 2.44 bits per heavy atom. The molecule has 4 nitrogen and oxygen atoms in total. The van der Waals surface area contributed by atoms with Crippen LogP contribution in [-0.2, 0) is 9.47 Å². The van der Waals surface area contributed by atoms with E-state index in [1.165, 1.54) is 0 Å². The van der Waals surface area contributed by atoms with E-state index in [2.05, 4.69) is 17.2 Å². The zero-order valence-electron chi connectivity index (χ0n) is 9.10. The van der Waals surface area contributed by atoms with Crippen molar-refractivity contribution in [3.05, 3.63) is 24.0 Å². The fourth-order valence-electron chi connectivity index (χ4n) is 1.59. The summed E-state index contributed by atoms with van der Waals surface area (Å²) in [6, 6.07) is 0. The number of terminal acetylenes is 1. The molecule has 1 aliphatic carbocycles. The fraction of sp³-hybridized carbons (Fsp3) is 0.417. The van der Waals surface area contributed by atoms with E-state index in [4.69, 9.17) is 11.2 Å². The van der Waals surface area contributed by atoms with E-state index in [1.54, 1.807) is 6.92 Å². The molecule has 0 amide bonds. The molecule has 0 spiro atoms. The van der Waals surface area contributed by atoms with E-state index >= 15 is 0 Å². The number of hydrogen-bond donors (Lipinski definition) is 1. The van der Waals surface area contributed by atoms with Gasteiger partial charge in [0.1, 0.15) is 6.10 Å². The van der Waals surface area contributed by atoms with E-state index in [0.29, 0.717) is 18.4 Å². The number of carbonyl (C=O) groups is 1. The van der Waals surface area contributed by atoms with Gasteiger partial charge in [-0.25, -0.2) is 4.79 Å². The Balaban J connectivity index is 2.65. The Labute approximate surface area is 94.6 Å². The van der Waals surface area contributed by atoms with Gasteiger partial charge in [0.15, 0.2) is 0 Å². The topological polar surface area (TPSA) is 55.8 Å². The standard InChI is InChI=1S/C12H14O4/c1-4-9-6-10(7-11(13)8(9)3)16-12(14)15-5-2/h1,5,10-11,13H,2,6-7H2,3H3/t10-,11-/m0/s1. The maximum Gasteiger partial charge on any atom is 0.513 e. The van der Waals surface area contributed by atoms with Gasteiger partial charge in [-0.2, -0.15) is 0 Å². The minimum Gasteiger partial charge on any atom is -0.430 e. The lowest BCUT2D eigenvalue weighted by Crippen LogP contribution is -2.29. The Kier molecular flexibility index (Phi) is 4.15. The van der Waals surface area contributed by atoms with E-state index in [0.717, 1.165) is 11.8 Å². The maximum atomic E-state index is 11.0. The predicted molar refractivity (Wildman–Crippen MR) is 58.3 cm³/mol. The Morgan fingerprint density at radius 1 is 1.75 bits per heavy atom. The zero-order chi connectivity index (χ0) is 12.1. The van der Waals surface area contributed by atoms with Crippen molar-refractivity contribution in [1.29, 1.82) is 0 Å². The summed E-state index contributed by atoms with van der Waals surface area (Å²) in [5, 5.41) is 9.69. The zero-order valence-corrected chi connectivity index (χ0v) is 9.10. The molecule has 0 aromatic carbocycles. The first-order valence-corrected chi connectivity index (χ1v) is 4.91. The van der Waals surface area contributed by atoms with Crippen LogP contribution in [-0.4, -0.2) is 23.5 Å². The number of aliphatic hydroxyl groups is 1. The molecule has 0 fully saturated rings. The molecule has 0 saturated carbocycles. The molecule has 86 valence electrons. The van der Waals surface area contributed by atoms with Crippen molar-refractivity contribution >= 4 is 6.16 Å². The van der Waals surface area contributed by atoms with Crippen molar-refractivity contribution < 1.29 is 19.4 Å². The first-order chi connectivity index (χ1) is 7.58. The van der Waals surface area contributed by atoms with Crippen LogP contribution in [0.3, 0.4) is 0 Å². The highest BCUT2D eigenvalue weighted by molar-refractivity contribution is 5.61. The average molecular weight is 222 g/mol. The molecule has 1 rings (SSSR count). The lowest BCUT2D eigenvalue weighted by molar-refractivity contribution is 0.0225. The molecule has 0 aromatic rings. The van der Waals surface area contributed by atoms with E-state index in [1.807, 2.05) is 0 Å². The lowest BCUT2D eigenvalue weighted by Gasteiger charge is -2.26. The fourth-order valence-corrected chi connectivity index (χ4v) is 1.59. The van der Waals surface area contributed by atoms with Gasteiger partial charge in [-0.3, -0.25) is 0 Å². The van der Waals surface area contributed by atoms with Gasteiger partial charge in [-0.1, -0.05) is 12.5 Å². The Bertz CT molecular complexity index is 362. The molecular formula is C12H14O4. The van der Waals surface area contributed by atoms with Crippen molar-refractivity contribution in [1.82, 2.24) is 0 Å². The summed E-state index contributed by atoms with van der Waals surface area (Å²) in [6.45, 7) is 5.01. The van der Waals surface area contributed by atoms with E-state index in [9.17, 15) is 9.90 Å². The van der Waals surface area contributed by atoms with Gasteiger partial charge in [0.05, 0.1) is 12.4 Å². The van der Waals surface area contributed by atoms with E-state index < -0.39 is 18.4 Å². The minimum absolute atomic E-state index is 0.337. The molecule has 1 N–H and O–H groups in total. The van der Waals surface area contributed by atoms with Crippen molar-refractivity contribution in [2.75, 3.05) is 0 Å². The van der Waals surface area contributed by atoms with Crippen LogP contribution >= 0.6 is 0 Å². The number of carbonyl (C=O) groups excluding carboxylic acids is 1. The molecule has 0 unspecified atom stereocenters. The summed E-state index contributed by atoms with van der Waals surface area (Å²) in [6.07, 6.45) is 5.12. The summed E-state index contributed by atoms with van der Waals surface area (Å²) in [7, 11) is 0. The molecule has 0 aromatic heterocycles. The minimum atomic E-state index is -0.830. The molecule has 0 saturated heterocycles. The quantitative estimate of drug-likeness (QED) is 0.439. The van der Waals surface area contributed by atoms with Crippen LogP contribution in [0, 0.1) is 12.3 Å². The van der Waals surface area contributed by atoms with Crippen LogP contribution in [0.25, 0.3) is 0 Å². The summed E-state index contributed by atoms with van der Waals surface area (Å²) in [5.41, 5.74) is 1.44. The highest BCUT2D eigenvalue weighted by atomic mass is 16.7. The third kappa shape index (κ3) is 2.88. The number of aliphatic hydroxyl groups excluding tert-OH is 1. The SMILES string of the molecule is C#CC1=C(C)[C@@H](O)C[C@@H](OC(=O)OC=C)C1. The van der Waals surface area contributed by atoms with Crippen LogP contribution in [0.15, 0.2) is 24.0 Å². The molecule has 0 bridgehead atoms. The Hall–Kier alpha value is -1.73. The molecular weight excluding hydrogens is 208 g/mol. The molecule has 4 heteroatoms.